The summed E-state index contributed by atoms with van der Waals surface area (Å²) >= 11 is 0. The van der Waals surface area contributed by atoms with Crippen molar-refractivity contribution in [1.82, 2.24) is 24.3 Å². The number of aryl methyl sites for hydroxylation is 1. The molecule has 2 amide bonds. The highest BCUT2D eigenvalue weighted by atomic mass is 19.1. The van der Waals surface area contributed by atoms with E-state index in [1.807, 2.05) is 30.8 Å². The monoisotopic (exact) mass is 577 g/mol. The van der Waals surface area contributed by atoms with Gasteiger partial charge in [-0.15, -0.1) is 0 Å². The van der Waals surface area contributed by atoms with Gasteiger partial charge in [-0.2, -0.15) is 0 Å². The maximum absolute atomic E-state index is 14.4. The lowest BCUT2D eigenvalue weighted by Gasteiger charge is -2.41. The molecule has 0 bridgehead atoms. The molecule has 2 saturated heterocycles. The molecule has 2 aliphatic heterocycles. The number of aliphatic hydroxyl groups is 1. The van der Waals surface area contributed by atoms with Crippen LogP contribution in [0.5, 0.6) is 0 Å². The zero-order valence-electron chi connectivity index (χ0n) is 25.6. The number of aromatic nitrogens is 2. The van der Waals surface area contributed by atoms with E-state index in [2.05, 4.69) is 29.9 Å². The normalized spacial score (nSPS) is 19.1. The van der Waals surface area contributed by atoms with Crippen molar-refractivity contribution < 1.29 is 19.1 Å². The first-order chi connectivity index (χ1) is 20.0. The maximum Gasteiger partial charge on any atom is 0.256 e. The lowest BCUT2D eigenvalue weighted by Crippen LogP contribution is -2.47. The quantitative estimate of drug-likeness (QED) is 0.428. The number of benzene rings is 1. The number of likely N-dealkylation sites (tertiary alicyclic amines) is 2. The molecule has 9 heteroatoms. The number of carbonyl (C=O) groups is 2. The summed E-state index contributed by atoms with van der Waals surface area (Å²) in [6.07, 6.45) is 9.77. The van der Waals surface area contributed by atoms with Gasteiger partial charge in [0.05, 0.1) is 23.0 Å². The topological polar surface area (TPSA) is 81.9 Å². The molecule has 8 nitrogen and oxygen atoms in total. The third kappa shape index (κ3) is 6.08. The molecule has 4 heterocycles. The van der Waals surface area contributed by atoms with Crippen molar-refractivity contribution in [3.63, 3.8) is 0 Å². The smallest absolute Gasteiger partial charge is 0.256 e. The largest absolute Gasteiger partial charge is 0.387 e. The Morgan fingerprint density at radius 2 is 1.93 bits per heavy atom. The van der Waals surface area contributed by atoms with E-state index in [4.69, 9.17) is 0 Å². The van der Waals surface area contributed by atoms with Crippen molar-refractivity contribution in [3.8, 4) is 5.69 Å². The lowest BCUT2D eigenvalue weighted by atomic mass is 9.80. The Morgan fingerprint density at radius 3 is 2.62 bits per heavy atom. The van der Waals surface area contributed by atoms with Crippen molar-refractivity contribution in [2.45, 2.75) is 59.4 Å². The molecule has 0 spiro atoms. The summed E-state index contributed by atoms with van der Waals surface area (Å²) in [5, 5.41) is 10.4. The molecular weight excluding hydrogens is 533 g/mol. The van der Waals surface area contributed by atoms with Crippen LogP contribution in [0.15, 0.2) is 36.8 Å². The number of nitrogens with zero attached hydrogens (tertiary/aromatic N) is 5. The van der Waals surface area contributed by atoms with Crippen LogP contribution in [-0.2, 0) is 11.2 Å². The van der Waals surface area contributed by atoms with E-state index in [1.54, 1.807) is 22.9 Å². The minimum absolute atomic E-state index is 0.0161. The lowest BCUT2D eigenvalue weighted by molar-refractivity contribution is -0.136. The molecule has 2 fully saturated rings. The third-order valence-electron chi connectivity index (χ3n) is 9.47. The number of hydrogen-bond acceptors (Lipinski definition) is 5. The molecule has 0 unspecified atom stereocenters. The van der Waals surface area contributed by atoms with Crippen molar-refractivity contribution in [3.05, 3.63) is 59.3 Å². The average molecular weight is 578 g/mol. The number of piperidine rings is 1. The second-order valence-corrected chi connectivity index (χ2v) is 13.0. The average Bonchev–Trinajstić information content (AvgIpc) is 3.56. The Kier molecular flexibility index (Phi) is 8.71. The SMILES string of the molecule is Cc1cncc2c1c(C[C@H]1CCN(CC3(C)CCN(C(=O)CO)CC3)C1)cn2-c1ccc(F)cc1C(=O)N(C)C(C)C. The van der Waals surface area contributed by atoms with Crippen molar-refractivity contribution in [1.29, 1.82) is 0 Å². The standard InChI is InChI=1S/C33H44FN5O3/c1-22(2)36(5)32(42)27-15-26(34)6-7-28(27)39-19-25(31-23(3)16-35-17-29(31)39)14-24-8-11-37(18-24)21-33(4)9-12-38(13-10-33)30(41)20-40/h6-7,15-17,19,22,24,40H,8-14,18,20-21H2,1-5H3/t24-/m1/s1. The molecule has 42 heavy (non-hydrogen) atoms. The summed E-state index contributed by atoms with van der Waals surface area (Å²) in [4.78, 5) is 35.8. The zero-order valence-corrected chi connectivity index (χ0v) is 25.6. The van der Waals surface area contributed by atoms with Crippen LogP contribution in [0.2, 0.25) is 0 Å². The van der Waals surface area contributed by atoms with E-state index in [0.717, 1.165) is 61.8 Å². The highest BCUT2D eigenvalue weighted by molar-refractivity contribution is 5.99. The van der Waals surface area contributed by atoms with E-state index >= 15 is 0 Å². The van der Waals surface area contributed by atoms with Gasteiger partial charge in [-0.05, 0) is 93.7 Å². The van der Waals surface area contributed by atoms with Crippen LogP contribution in [0.3, 0.4) is 0 Å². The second kappa shape index (κ2) is 12.1. The molecule has 2 aliphatic rings. The Hall–Kier alpha value is -3.30. The molecule has 1 N–H and O–H groups in total. The minimum Gasteiger partial charge on any atom is -0.387 e. The highest BCUT2D eigenvalue weighted by Gasteiger charge is 2.35. The highest BCUT2D eigenvalue weighted by Crippen LogP contribution is 2.36. The first-order valence-electron chi connectivity index (χ1n) is 15.1. The van der Waals surface area contributed by atoms with Crippen molar-refractivity contribution in [2.24, 2.45) is 11.3 Å². The third-order valence-corrected chi connectivity index (χ3v) is 9.47. The first-order valence-corrected chi connectivity index (χ1v) is 15.1. The van der Waals surface area contributed by atoms with Gasteiger partial charge < -0.3 is 24.4 Å². The molecule has 1 atom stereocenters. The number of fused-ring (bicyclic) bond motifs is 1. The Morgan fingerprint density at radius 1 is 1.19 bits per heavy atom. The fraction of sp³-hybridized carbons (Fsp3) is 0.545. The van der Waals surface area contributed by atoms with Crippen LogP contribution in [-0.4, -0.2) is 93.6 Å². The summed E-state index contributed by atoms with van der Waals surface area (Å²) in [6.45, 7) is 12.4. The number of pyridine rings is 1. The Labute approximate surface area is 248 Å². The molecule has 3 aromatic rings. The summed E-state index contributed by atoms with van der Waals surface area (Å²) in [5.41, 5.74) is 4.38. The number of hydrogen-bond donors (Lipinski definition) is 1. The molecule has 226 valence electrons. The molecule has 5 rings (SSSR count). The van der Waals surface area contributed by atoms with Gasteiger partial charge in [0, 0.05) is 57.0 Å². The summed E-state index contributed by atoms with van der Waals surface area (Å²) < 4.78 is 16.4. The van der Waals surface area contributed by atoms with Gasteiger partial charge in [0.1, 0.15) is 12.4 Å². The van der Waals surface area contributed by atoms with Crippen molar-refractivity contribution >= 4 is 22.7 Å². The van der Waals surface area contributed by atoms with Gasteiger partial charge in [0.2, 0.25) is 5.91 Å². The summed E-state index contributed by atoms with van der Waals surface area (Å²) in [6, 6.07) is 4.43. The first kappa shape index (κ1) is 30.2. The molecule has 0 radical (unpaired) electrons. The van der Waals surface area contributed by atoms with E-state index < -0.39 is 12.4 Å². The number of carbonyl (C=O) groups excluding carboxylic acids is 2. The van der Waals surface area contributed by atoms with Gasteiger partial charge in [0.15, 0.2) is 0 Å². The maximum atomic E-state index is 14.4. The molecule has 0 aliphatic carbocycles. The Balaban J connectivity index is 1.37. The van der Waals surface area contributed by atoms with Crippen molar-refractivity contribution in [2.75, 3.05) is 46.4 Å². The number of halogens is 1. The van der Waals surface area contributed by atoms with E-state index in [0.29, 0.717) is 30.3 Å². The number of rotatable bonds is 8. The van der Waals surface area contributed by atoms with Gasteiger partial charge >= 0.3 is 0 Å². The van der Waals surface area contributed by atoms with Gasteiger partial charge in [-0.1, -0.05) is 6.92 Å². The summed E-state index contributed by atoms with van der Waals surface area (Å²) in [5.74, 6) is -0.324. The van der Waals surface area contributed by atoms with Crippen LogP contribution in [0, 0.1) is 24.1 Å². The predicted molar refractivity (Wildman–Crippen MR) is 162 cm³/mol. The van der Waals surface area contributed by atoms with Crippen LogP contribution in [0.1, 0.15) is 61.5 Å². The van der Waals surface area contributed by atoms with Gasteiger partial charge in [0.25, 0.3) is 5.91 Å². The Bertz CT molecular complexity index is 1460. The number of amides is 2. The van der Waals surface area contributed by atoms with E-state index in [9.17, 15) is 19.1 Å². The van der Waals surface area contributed by atoms with Crippen LogP contribution in [0.25, 0.3) is 16.6 Å². The number of aliphatic hydroxyl groups excluding tert-OH is 1. The molecule has 2 aromatic heterocycles. The van der Waals surface area contributed by atoms with E-state index in [-0.39, 0.29) is 23.3 Å². The zero-order chi connectivity index (χ0) is 30.2. The van der Waals surface area contributed by atoms with Gasteiger partial charge in [-0.3, -0.25) is 14.6 Å². The molecule has 0 saturated carbocycles. The second-order valence-electron chi connectivity index (χ2n) is 13.0. The van der Waals surface area contributed by atoms with Crippen LogP contribution in [0.4, 0.5) is 4.39 Å². The van der Waals surface area contributed by atoms with Crippen LogP contribution >= 0.6 is 0 Å². The molecular formula is C33H44FN5O3. The fourth-order valence-electron chi connectivity index (χ4n) is 6.74. The fourth-order valence-corrected chi connectivity index (χ4v) is 6.74. The minimum atomic E-state index is -0.435. The van der Waals surface area contributed by atoms with Crippen LogP contribution < -0.4 is 0 Å². The van der Waals surface area contributed by atoms with E-state index in [1.165, 1.54) is 17.7 Å². The van der Waals surface area contributed by atoms with Gasteiger partial charge in [-0.25, -0.2) is 4.39 Å². The predicted octanol–water partition coefficient (Wildman–Crippen LogP) is 4.44. The molecule has 1 aromatic carbocycles. The summed E-state index contributed by atoms with van der Waals surface area (Å²) in [7, 11) is 1.75.